The molecule has 100 valence electrons. The molecule has 1 aromatic rings. The SMILES string of the molecule is CCS(=O)(=O)N(C)C1CC(C)(C)c2ccccc21. The van der Waals surface area contributed by atoms with Crippen LogP contribution in [0.5, 0.6) is 0 Å². The van der Waals surface area contributed by atoms with E-state index in [1.807, 2.05) is 12.1 Å². The average molecular weight is 267 g/mol. The van der Waals surface area contributed by atoms with Crippen molar-refractivity contribution < 1.29 is 8.42 Å². The van der Waals surface area contributed by atoms with Gasteiger partial charge in [0.1, 0.15) is 0 Å². The minimum Gasteiger partial charge on any atom is -0.212 e. The Labute approximate surface area is 110 Å². The first-order valence-corrected chi connectivity index (χ1v) is 7.95. The monoisotopic (exact) mass is 267 g/mol. The van der Waals surface area contributed by atoms with Crippen molar-refractivity contribution in [3.05, 3.63) is 35.4 Å². The highest BCUT2D eigenvalue weighted by atomic mass is 32.2. The predicted octanol–water partition coefficient (Wildman–Crippen LogP) is 2.69. The molecule has 0 radical (unpaired) electrons. The molecule has 1 atom stereocenters. The molecule has 0 spiro atoms. The van der Waals surface area contributed by atoms with E-state index < -0.39 is 10.0 Å². The topological polar surface area (TPSA) is 37.4 Å². The highest BCUT2D eigenvalue weighted by Gasteiger charge is 2.40. The van der Waals surface area contributed by atoms with Crippen LogP contribution in [-0.4, -0.2) is 25.5 Å². The molecular formula is C14H21NO2S. The van der Waals surface area contributed by atoms with Crippen LogP contribution >= 0.6 is 0 Å². The third kappa shape index (κ3) is 2.08. The number of hydrogen-bond acceptors (Lipinski definition) is 2. The fraction of sp³-hybridized carbons (Fsp3) is 0.571. The molecule has 0 fully saturated rings. The van der Waals surface area contributed by atoms with E-state index in [1.54, 1.807) is 18.3 Å². The summed E-state index contributed by atoms with van der Waals surface area (Å²) in [6, 6.07) is 8.15. The van der Waals surface area contributed by atoms with Crippen LogP contribution in [0.3, 0.4) is 0 Å². The van der Waals surface area contributed by atoms with Gasteiger partial charge in [-0.25, -0.2) is 8.42 Å². The molecule has 0 bridgehead atoms. The van der Waals surface area contributed by atoms with E-state index >= 15 is 0 Å². The second kappa shape index (κ2) is 4.35. The summed E-state index contributed by atoms with van der Waals surface area (Å²) >= 11 is 0. The van der Waals surface area contributed by atoms with Crippen molar-refractivity contribution in [3.8, 4) is 0 Å². The van der Waals surface area contributed by atoms with Crippen molar-refractivity contribution in [2.75, 3.05) is 12.8 Å². The van der Waals surface area contributed by atoms with Crippen molar-refractivity contribution in [1.82, 2.24) is 4.31 Å². The Kier molecular flexibility index (Phi) is 3.28. The van der Waals surface area contributed by atoms with E-state index in [4.69, 9.17) is 0 Å². The van der Waals surface area contributed by atoms with Gasteiger partial charge in [-0.05, 0) is 29.9 Å². The zero-order valence-corrected chi connectivity index (χ0v) is 12.3. The van der Waals surface area contributed by atoms with E-state index in [-0.39, 0.29) is 17.2 Å². The van der Waals surface area contributed by atoms with Crippen molar-refractivity contribution in [1.29, 1.82) is 0 Å². The molecule has 0 saturated heterocycles. The highest BCUT2D eigenvalue weighted by Crippen LogP contribution is 2.47. The van der Waals surface area contributed by atoms with Crippen LogP contribution in [0.1, 0.15) is 44.4 Å². The number of hydrogen-bond donors (Lipinski definition) is 0. The van der Waals surface area contributed by atoms with Crippen LogP contribution in [-0.2, 0) is 15.4 Å². The quantitative estimate of drug-likeness (QED) is 0.844. The smallest absolute Gasteiger partial charge is 0.212 e. The predicted molar refractivity (Wildman–Crippen MR) is 74.0 cm³/mol. The van der Waals surface area contributed by atoms with Gasteiger partial charge < -0.3 is 0 Å². The Balaban J connectivity index is 2.45. The van der Waals surface area contributed by atoms with Gasteiger partial charge in [0.25, 0.3) is 0 Å². The summed E-state index contributed by atoms with van der Waals surface area (Å²) in [4.78, 5) is 0. The Bertz CT molecular complexity index is 549. The molecule has 18 heavy (non-hydrogen) atoms. The third-order valence-corrected chi connectivity index (χ3v) is 5.86. The summed E-state index contributed by atoms with van der Waals surface area (Å²) in [7, 11) is -1.45. The number of sulfonamides is 1. The Morgan fingerprint density at radius 1 is 1.33 bits per heavy atom. The van der Waals surface area contributed by atoms with Gasteiger partial charge in [0, 0.05) is 7.05 Å². The van der Waals surface area contributed by atoms with Gasteiger partial charge in [-0.15, -0.1) is 0 Å². The maximum Gasteiger partial charge on any atom is 0.214 e. The molecule has 0 amide bonds. The molecule has 0 aliphatic heterocycles. The van der Waals surface area contributed by atoms with E-state index in [0.29, 0.717) is 0 Å². The lowest BCUT2D eigenvalue weighted by Crippen LogP contribution is -2.32. The van der Waals surface area contributed by atoms with Gasteiger partial charge in [0.15, 0.2) is 0 Å². The summed E-state index contributed by atoms with van der Waals surface area (Å²) in [6.45, 7) is 6.05. The van der Waals surface area contributed by atoms with Gasteiger partial charge in [-0.3, -0.25) is 0 Å². The maximum atomic E-state index is 12.0. The van der Waals surface area contributed by atoms with E-state index in [0.717, 1.165) is 12.0 Å². The molecule has 0 heterocycles. The summed E-state index contributed by atoms with van der Waals surface area (Å²) < 4.78 is 25.6. The first kappa shape index (κ1) is 13.6. The molecule has 0 saturated carbocycles. The van der Waals surface area contributed by atoms with Crippen molar-refractivity contribution in [2.45, 2.75) is 38.6 Å². The van der Waals surface area contributed by atoms with E-state index in [1.165, 1.54) is 5.56 Å². The molecule has 4 heteroatoms. The first-order chi connectivity index (χ1) is 8.29. The van der Waals surface area contributed by atoms with Crippen LogP contribution in [0, 0.1) is 0 Å². The van der Waals surface area contributed by atoms with Crippen LogP contribution < -0.4 is 0 Å². The zero-order chi connectivity index (χ0) is 13.6. The molecule has 3 nitrogen and oxygen atoms in total. The number of rotatable bonds is 3. The second-order valence-corrected chi connectivity index (χ2v) is 7.92. The number of fused-ring (bicyclic) bond motifs is 1. The minimum atomic E-state index is -3.14. The van der Waals surface area contributed by atoms with E-state index in [9.17, 15) is 8.42 Å². The Morgan fingerprint density at radius 2 is 1.94 bits per heavy atom. The second-order valence-electron chi connectivity index (χ2n) is 5.61. The first-order valence-electron chi connectivity index (χ1n) is 6.34. The van der Waals surface area contributed by atoms with Crippen LogP contribution in [0.25, 0.3) is 0 Å². The maximum absolute atomic E-state index is 12.0. The lowest BCUT2D eigenvalue weighted by molar-refractivity contribution is 0.333. The average Bonchev–Trinajstić information content (AvgIpc) is 2.61. The van der Waals surface area contributed by atoms with Gasteiger partial charge in [-0.1, -0.05) is 38.1 Å². The van der Waals surface area contributed by atoms with E-state index in [2.05, 4.69) is 26.0 Å². The fourth-order valence-corrected chi connectivity index (χ4v) is 3.81. The van der Waals surface area contributed by atoms with Crippen LogP contribution in [0.15, 0.2) is 24.3 Å². The van der Waals surface area contributed by atoms with Crippen LogP contribution in [0.2, 0.25) is 0 Å². The molecular weight excluding hydrogens is 246 g/mol. The molecule has 0 N–H and O–H groups in total. The summed E-state index contributed by atoms with van der Waals surface area (Å²) in [6.07, 6.45) is 0.849. The number of nitrogens with zero attached hydrogens (tertiary/aromatic N) is 1. The lowest BCUT2D eigenvalue weighted by Gasteiger charge is -2.25. The molecule has 1 aromatic carbocycles. The summed E-state index contributed by atoms with van der Waals surface area (Å²) in [5, 5.41) is 0. The summed E-state index contributed by atoms with van der Waals surface area (Å²) in [5.41, 5.74) is 2.47. The van der Waals surface area contributed by atoms with Gasteiger partial charge >= 0.3 is 0 Å². The Hall–Kier alpha value is -0.870. The van der Waals surface area contributed by atoms with Crippen molar-refractivity contribution in [2.24, 2.45) is 0 Å². The fourth-order valence-electron chi connectivity index (χ4n) is 2.83. The molecule has 2 rings (SSSR count). The van der Waals surface area contributed by atoms with Crippen LogP contribution in [0.4, 0.5) is 0 Å². The van der Waals surface area contributed by atoms with Gasteiger partial charge in [-0.2, -0.15) is 4.31 Å². The highest BCUT2D eigenvalue weighted by molar-refractivity contribution is 7.89. The minimum absolute atomic E-state index is 0.0267. The molecule has 0 aromatic heterocycles. The normalized spacial score (nSPS) is 22.2. The largest absolute Gasteiger partial charge is 0.214 e. The standard InChI is InChI=1S/C14H21NO2S/c1-5-18(16,17)15(4)13-10-14(2,3)12-9-7-6-8-11(12)13/h6-9,13H,5,10H2,1-4H3. The number of benzene rings is 1. The molecule has 1 unspecified atom stereocenters. The lowest BCUT2D eigenvalue weighted by atomic mass is 9.86. The molecule has 1 aliphatic carbocycles. The van der Waals surface area contributed by atoms with Gasteiger partial charge in [0.2, 0.25) is 10.0 Å². The van der Waals surface area contributed by atoms with Gasteiger partial charge in [0.05, 0.1) is 11.8 Å². The molecule has 1 aliphatic rings. The van der Waals surface area contributed by atoms with Crippen molar-refractivity contribution >= 4 is 10.0 Å². The third-order valence-electron chi connectivity index (χ3n) is 4.00. The summed E-state index contributed by atoms with van der Waals surface area (Å²) in [5.74, 6) is 0.155. The zero-order valence-electron chi connectivity index (χ0n) is 11.5. The Morgan fingerprint density at radius 3 is 2.56 bits per heavy atom. The van der Waals surface area contributed by atoms with Crippen molar-refractivity contribution in [3.63, 3.8) is 0 Å².